The Morgan fingerprint density at radius 1 is 0.397 bits per heavy atom. The van der Waals surface area contributed by atoms with Crippen molar-refractivity contribution < 1.29 is 52.7 Å². The van der Waals surface area contributed by atoms with Crippen molar-refractivity contribution in [3.8, 4) is 48.6 Å². The third-order valence-corrected chi connectivity index (χ3v) is 8.28. The molecule has 0 atom stereocenters. The van der Waals surface area contributed by atoms with Crippen LogP contribution in [0.3, 0.4) is 0 Å². The molecule has 1 aromatic carbocycles. The summed E-state index contributed by atoms with van der Waals surface area (Å²) >= 11 is 0. The van der Waals surface area contributed by atoms with Crippen LogP contribution in [0.1, 0.15) is 67.3 Å². The van der Waals surface area contributed by atoms with E-state index in [0.29, 0.717) is 0 Å². The predicted molar refractivity (Wildman–Crippen MR) is 165 cm³/mol. The molecule has 10 nitrogen and oxygen atoms in total. The number of allylic oxidation sites excluding steroid dienone is 8. The minimum Gasteiger partial charge on any atom is -0.239 e. The molecule has 0 bridgehead atoms. The van der Waals surface area contributed by atoms with E-state index in [4.69, 9.17) is 0 Å². The van der Waals surface area contributed by atoms with Crippen molar-refractivity contribution in [1.29, 1.82) is 42.1 Å². The van der Waals surface area contributed by atoms with Crippen molar-refractivity contribution >= 4 is 33.4 Å². The van der Waals surface area contributed by atoms with Crippen LogP contribution in [0, 0.1) is 90.6 Å². The average molecular weight is 804 g/mol. The lowest BCUT2D eigenvalue weighted by Gasteiger charge is -2.17. The maximum Gasteiger partial charge on any atom is 0.433 e. The van der Waals surface area contributed by atoms with E-state index in [9.17, 15) is 94.8 Å². The first-order valence-electron chi connectivity index (χ1n) is 14.8. The normalized spacial score (nSPS) is 13.5. The van der Waals surface area contributed by atoms with Crippen molar-refractivity contribution in [2.45, 2.75) is 24.7 Å². The molecule has 0 saturated heterocycles. The molecule has 5 rings (SSSR count). The number of rotatable bonds is 2. The van der Waals surface area contributed by atoms with Gasteiger partial charge in [0.25, 0.3) is 0 Å². The number of nitrogens with zero attached hydrogens (tertiary/aromatic N) is 10. The highest BCUT2D eigenvalue weighted by Crippen LogP contribution is 2.58. The number of alkyl halides is 12. The lowest BCUT2D eigenvalue weighted by Crippen LogP contribution is -2.16. The van der Waals surface area contributed by atoms with Gasteiger partial charge in [-0.15, -0.1) is 0 Å². The van der Waals surface area contributed by atoms with Gasteiger partial charge in [-0.1, -0.05) is 0 Å². The third kappa shape index (κ3) is 6.34. The number of nitriles is 8. The molecular formula is C36H4F12N10. The molecule has 0 fully saturated rings. The first-order valence-corrected chi connectivity index (χ1v) is 14.8. The molecule has 2 heterocycles. The summed E-state index contributed by atoms with van der Waals surface area (Å²) in [5.41, 5.74) is -26.3. The highest BCUT2D eigenvalue weighted by molar-refractivity contribution is 6.32. The fourth-order valence-electron chi connectivity index (χ4n) is 6.23. The molecule has 22 heteroatoms. The molecule has 0 radical (unpaired) electrons. The van der Waals surface area contributed by atoms with E-state index in [2.05, 4.69) is 9.97 Å². The number of aromatic nitrogens is 2. The predicted octanol–water partition coefficient (Wildman–Crippen LogP) is 8.79. The van der Waals surface area contributed by atoms with Crippen molar-refractivity contribution in [2.24, 2.45) is 0 Å². The number of benzene rings is 1. The van der Waals surface area contributed by atoms with Gasteiger partial charge >= 0.3 is 24.7 Å². The lowest BCUT2D eigenvalue weighted by atomic mass is 9.82. The van der Waals surface area contributed by atoms with Gasteiger partial charge in [0.05, 0.1) is 22.3 Å². The third-order valence-electron chi connectivity index (χ3n) is 8.28. The Morgan fingerprint density at radius 2 is 0.655 bits per heavy atom. The van der Waals surface area contributed by atoms with Crippen LogP contribution in [-0.2, 0) is 24.7 Å². The Morgan fingerprint density at radius 3 is 0.862 bits per heavy atom. The van der Waals surface area contributed by atoms with E-state index in [0.717, 1.165) is 0 Å². The van der Waals surface area contributed by atoms with E-state index in [1.807, 2.05) is 0 Å². The molecule has 0 amide bonds. The largest absolute Gasteiger partial charge is 0.433 e. The van der Waals surface area contributed by atoms with Gasteiger partial charge in [-0.05, 0) is 35.4 Å². The molecule has 0 N–H and O–H groups in total. The fraction of sp³-hybridized carbons (Fsp3) is 0.111. The molecular weight excluding hydrogens is 800 g/mol. The smallest absolute Gasteiger partial charge is 0.239 e. The van der Waals surface area contributed by atoms with Crippen molar-refractivity contribution in [3.63, 3.8) is 0 Å². The summed E-state index contributed by atoms with van der Waals surface area (Å²) in [6, 6.07) is 10.9. The monoisotopic (exact) mass is 804 g/mol. The molecule has 2 aliphatic rings. The topological polar surface area (TPSA) is 216 Å². The van der Waals surface area contributed by atoms with E-state index in [1.165, 1.54) is 48.6 Å². The molecule has 3 aromatic rings. The summed E-state index contributed by atoms with van der Waals surface area (Å²) in [6.07, 6.45) is -22.5. The number of hydrogen-bond donors (Lipinski definition) is 0. The standard InChI is InChI=1S/C36H4F12N10/c37-33(38,39)21-1-13(2-22(57-21)34(40,41)42)25-17(9-53)29-19(11-55)30-18(10-54)26(14-3-23(35(43,44)45)58-24(4-14)36(46,47)48)28(16(7-51)8-52)32(30)20(12-56)31(29)27(25)15(5-49)6-50/h1-4H. The van der Waals surface area contributed by atoms with Crippen LogP contribution in [-0.4, -0.2) is 9.97 Å². The van der Waals surface area contributed by atoms with E-state index in [-0.39, 0.29) is 24.3 Å². The Balaban J connectivity index is 2.14. The lowest BCUT2D eigenvalue weighted by molar-refractivity contribution is -0.151. The summed E-state index contributed by atoms with van der Waals surface area (Å²) in [5, 5.41) is 81.9. The average Bonchev–Trinajstić information content (AvgIpc) is 3.67. The second-order valence-electron chi connectivity index (χ2n) is 11.4. The summed E-state index contributed by atoms with van der Waals surface area (Å²) in [5.74, 6) is 0. The Hall–Kier alpha value is -8.44. The summed E-state index contributed by atoms with van der Waals surface area (Å²) < 4.78 is 167. The second-order valence-corrected chi connectivity index (χ2v) is 11.4. The SMILES string of the molecule is N#CC(C#N)=C1C(c2cc(C(F)(F)F)nc(C(F)(F)F)c2)=C(C#N)c2c(C#N)c3c(c(C#N)c21)C(=C(C#N)C#N)C(c1cc(C(F)(F)F)nc(C(F)(F)F)c1)=C3C#N. The molecule has 0 unspecified atom stereocenters. The van der Waals surface area contributed by atoms with Crippen LogP contribution in [0.4, 0.5) is 52.7 Å². The molecule has 0 spiro atoms. The number of hydrogen-bond acceptors (Lipinski definition) is 10. The zero-order chi connectivity index (χ0) is 43.4. The van der Waals surface area contributed by atoms with E-state index >= 15 is 0 Å². The van der Waals surface area contributed by atoms with Gasteiger partial charge in [0.2, 0.25) is 0 Å². The van der Waals surface area contributed by atoms with Gasteiger partial charge in [-0.3, -0.25) is 0 Å². The van der Waals surface area contributed by atoms with E-state index in [1.54, 1.807) is 0 Å². The van der Waals surface area contributed by atoms with Crippen LogP contribution in [0.2, 0.25) is 0 Å². The molecule has 2 aromatic heterocycles. The maximum atomic E-state index is 13.9. The minimum atomic E-state index is -5.62. The molecule has 0 aliphatic heterocycles. The van der Waals surface area contributed by atoms with Crippen LogP contribution in [0.5, 0.6) is 0 Å². The first-order chi connectivity index (χ1) is 27.0. The van der Waals surface area contributed by atoms with Gasteiger partial charge in [-0.25, -0.2) is 9.97 Å². The molecule has 0 saturated carbocycles. The van der Waals surface area contributed by atoms with Crippen LogP contribution >= 0.6 is 0 Å². The van der Waals surface area contributed by atoms with Crippen molar-refractivity contribution in [3.05, 3.63) is 103 Å². The minimum absolute atomic E-state index is 0.0284. The fourth-order valence-corrected chi connectivity index (χ4v) is 6.23. The van der Waals surface area contributed by atoms with Crippen LogP contribution < -0.4 is 0 Å². The Kier molecular flexibility index (Phi) is 9.62. The zero-order valence-electron chi connectivity index (χ0n) is 27.3. The van der Waals surface area contributed by atoms with Gasteiger partial charge in [0.15, 0.2) is 0 Å². The summed E-state index contributed by atoms with van der Waals surface area (Å²) in [7, 11) is 0. The van der Waals surface area contributed by atoms with Crippen LogP contribution in [0.25, 0.3) is 33.4 Å². The Labute approximate surface area is 314 Å². The first kappa shape index (κ1) is 40.7. The highest BCUT2D eigenvalue weighted by Gasteiger charge is 2.47. The van der Waals surface area contributed by atoms with Gasteiger partial charge in [-0.2, -0.15) is 94.8 Å². The molecule has 58 heavy (non-hydrogen) atoms. The Bertz CT molecular complexity index is 2640. The summed E-state index contributed by atoms with van der Waals surface area (Å²) in [4.78, 5) is 5.13. The maximum absolute atomic E-state index is 13.9. The van der Waals surface area contributed by atoms with Crippen molar-refractivity contribution in [1.82, 2.24) is 9.97 Å². The van der Waals surface area contributed by atoms with Gasteiger partial charge in [0.1, 0.15) is 82.5 Å². The molecule has 2 aliphatic carbocycles. The number of halogens is 12. The molecule has 282 valence electrons. The van der Waals surface area contributed by atoms with Crippen LogP contribution in [0.15, 0.2) is 35.4 Å². The van der Waals surface area contributed by atoms with Gasteiger partial charge < -0.3 is 0 Å². The summed E-state index contributed by atoms with van der Waals surface area (Å²) in [6.45, 7) is 0. The van der Waals surface area contributed by atoms with E-state index < -0.39 is 137 Å². The zero-order valence-corrected chi connectivity index (χ0v) is 27.3. The van der Waals surface area contributed by atoms with Gasteiger partial charge in [0, 0.05) is 44.5 Å². The van der Waals surface area contributed by atoms with Crippen molar-refractivity contribution in [2.75, 3.05) is 0 Å². The quantitative estimate of drug-likeness (QED) is 0.177. The second kappa shape index (κ2) is 13.7. The highest BCUT2D eigenvalue weighted by atomic mass is 19.4. The number of pyridine rings is 2. The number of fused-ring (bicyclic) bond motifs is 2.